The SMILES string of the molecule is Cc1cc(OC[C@H]2C[C@H](O)[C@@H](O)CO2)cc(C)c1-c1cccc(CCl)c1. The molecule has 3 rings (SSSR count). The van der Waals surface area contributed by atoms with Gasteiger partial charge in [0, 0.05) is 12.3 Å². The first-order chi connectivity index (χ1) is 12.5. The van der Waals surface area contributed by atoms with E-state index in [-0.39, 0.29) is 12.7 Å². The van der Waals surface area contributed by atoms with Crippen LogP contribution in [-0.4, -0.2) is 41.7 Å². The fraction of sp³-hybridized carbons (Fsp3) is 0.429. The summed E-state index contributed by atoms with van der Waals surface area (Å²) in [6.07, 6.45) is -1.40. The lowest BCUT2D eigenvalue weighted by atomic mass is 9.94. The molecule has 0 radical (unpaired) electrons. The molecule has 0 amide bonds. The summed E-state index contributed by atoms with van der Waals surface area (Å²) in [7, 11) is 0. The normalized spacial score (nSPS) is 23.0. The minimum atomic E-state index is -0.807. The summed E-state index contributed by atoms with van der Waals surface area (Å²) in [4.78, 5) is 0. The highest BCUT2D eigenvalue weighted by molar-refractivity contribution is 6.17. The molecule has 1 heterocycles. The van der Waals surface area contributed by atoms with Crippen LogP contribution in [0.4, 0.5) is 0 Å². The van der Waals surface area contributed by atoms with Crippen molar-refractivity contribution in [3.8, 4) is 16.9 Å². The van der Waals surface area contributed by atoms with Crippen molar-refractivity contribution in [1.82, 2.24) is 0 Å². The van der Waals surface area contributed by atoms with Crippen molar-refractivity contribution in [1.29, 1.82) is 0 Å². The van der Waals surface area contributed by atoms with Crippen LogP contribution in [0.15, 0.2) is 36.4 Å². The average Bonchev–Trinajstić information content (AvgIpc) is 2.62. The van der Waals surface area contributed by atoms with Crippen LogP contribution in [0.5, 0.6) is 5.75 Å². The zero-order chi connectivity index (χ0) is 18.7. The van der Waals surface area contributed by atoms with Gasteiger partial charge in [0.15, 0.2) is 0 Å². The lowest BCUT2D eigenvalue weighted by molar-refractivity contribution is -0.129. The number of benzene rings is 2. The summed E-state index contributed by atoms with van der Waals surface area (Å²) in [6, 6.07) is 12.3. The Balaban J connectivity index is 1.73. The molecule has 0 bridgehead atoms. The molecule has 4 nitrogen and oxygen atoms in total. The molecule has 26 heavy (non-hydrogen) atoms. The third kappa shape index (κ3) is 4.38. The predicted molar refractivity (Wildman–Crippen MR) is 103 cm³/mol. The Labute approximate surface area is 159 Å². The molecule has 0 aliphatic carbocycles. The highest BCUT2D eigenvalue weighted by Gasteiger charge is 2.28. The molecule has 1 saturated heterocycles. The zero-order valence-electron chi connectivity index (χ0n) is 15.1. The maximum Gasteiger partial charge on any atom is 0.120 e. The molecular formula is C21H25ClO4. The second-order valence-electron chi connectivity index (χ2n) is 6.90. The molecule has 3 atom stereocenters. The van der Waals surface area contributed by atoms with Gasteiger partial charge in [0.1, 0.15) is 18.5 Å². The van der Waals surface area contributed by atoms with Gasteiger partial charge in [-0.2, -0.15) is 0 Å². The monoisotopic (exact) mass is 376 g/mol. The summed E-state index contributed by atoms with van der Waals surface area (Å²) in [5.74, 6) is 1.27. The van der Waals surface area contributed by atoms with E-state index in [4.69, 9.17) is 21.1 Å². The van der Waals surface area contributed by atoms with Gasteiger partial charge in [-0.3, -0.25) is 0 Å². The third-order valence-electron chi connectivity index (χ3n) is 4.76. The number of ether oxygens (including phenoxy) is 2. The van der Waals surface area contributed by atoms with Crippen LogP contribution in [-0.2, 0) is 10.6 Å². The topological polar surface area (TPSA) is 58.9 Å². The Bertz CT molecular complexity index is 738. The molecule has 2 aromatic carbocycles. The van der Waals surface area contributed by atoms with Crippen molar-refractivity contribution in [2.45, 2.75) is 44.5 Å². The van der Waals surface area contributed by atoms with Crippen molar-refractivity contribution in [3.63, 3.8) is 0 Å². The molecule has 2 N–H and O–H groups in total. The second-order valence-corrected chi connectivity index (χ2v) is 7.17. The Morgan fingerprint density at radius 2 is 1.85 bits per heavy atom. The lowest BCUT2D eigenvalue weighted by Gasteiger charge is -2.30. The maximum absolute atomic E-state index is 9.74. The summed E-state index contributed by atoms with van der Waals surface area (Å²) in [6.45, 7) is 4.63. The van der Waals surface area contributed by atoms with E-state index in [1.165, 1.54) is 5.56 Å². The number of aliphatic hydroxyl groups is 2. The van der Waals surface area contributed by atoms with E-state index in [1.807, 2.05) is 24.3 Å². The van der Waals surface area contributed by atoms with Crippen molar-refractivity contribution >= 4 is 11.6 Å². The summed E-state index contributed by atoms with van der Waals surface area (Å²) < 4.78 is 11.4. The lowest BCUT2D eigenvalue weighted by Crippen LogP contribution is -2.43. The fourth-order valence-electron chi connectivity index (χ4n) is 3.42. The number of rotatable bonds is 5. The number of hydrogen-bond donors (Lipinski definition) is 2. The quantitative estimate of drug-likeness (QED) is 0.783. The van der Waals surface area contributed by atoms with E-state index in [0.29, 0.717) is 18.9 Å². The number of halogens is 1. The third-order valence-corrected chi connectivity index (χ3v) is 5.07. The molecule has 5 heteroatoms. The van der Waals surface area contributed by atoms with Gasteiger partial charge in [0.2, 0.25) is 0 Å². The van der Waals surface area contributed by atoms with Gasteiger partial charge in [-0.1, -0.05) is 18.2 Å². The summed E-state index contributed by atoms with van der Waals surface area (Å²) in [5, 5.41) is 19.2. The molecule has 1 aliphatic heterocycles. The van der Waals surface area contributed by atoms with Crippen molar-refractivity contribution in [3.05, 3.63) is 53.1 Å². The minimum Gasteiger partial charge on any atom is -0.491 e. The van der Waals surface area contributed by atoms with Crippen LogP contribution in [0.2, 0.25) is 0 Å². The molecule has 1 fully saturated rings. The first-order valence-electron chi connectivity index (χ1n) is 8.85. The number of aliphatic hydroxyl groups excluding tert-OH is 2. The summed E-state index contributed by atoms with van der Waals surface area (Å²) in [5.41, 5.74) is 5.70. The highest BCUT2D eigenvalue weighted by atomic mass is 35.5. The largest absolute Gasteiger partial charge is 0.491 e. The van der Waals surface area contributed by atoms with Gasteiger partial charge in [-0.05, 0) is 59.9 Å². The van der Waals surface area contributed by atoms with Gasteiger partial charge in [-0.15, -0.1) is 11.6 Å². The van der Waals surface area contributed by atoms with Gasteiger partial charge < -0.3 is 19.7 Å². The van der Waals surface area contributed by atoms with Crippen LogP contribution in [0.25, 0.3) is 11.1 Å². The van der Waals surface area contributed by atoms with Crippen molar-refractivity contribution in [2.24, 2.45) is 0 Å². The average molecular weight is 377 g/mol. The van der Waals surface area contributed by atoms with Crippen LogP contribution in [0, 0.1) is 13.8 Å². The Kier molecular flexibility index (Phi) is 6.20. The number of alkyl halides is 1. The molecule has 0 spiro atoms. The first-order valence-corrected chi connectivity index (χ1v) is 9.38. The standard InChI is InChI=1S/C21H25ClO4/c1-13-6-17(25-11-18-9-19(23)20(24)12-26-18)7-14(2)21(13)16-5-3-4-15(8-16)10-22/h3-8,18-20,23-24H,9-12H2,1-2H3/t18-,19+,20+/m1/s1. The Morgan fingerprint density at radius 1 is 1.12 bits per heavy atom. The predicted octanol–water partition coefficient (Wildman–Crippen LogP) is 3.60. The van der Waals surface area contributed by atoms with E-state index in [2.05, 4.69) is 26.0 Å². The molecule has 1 aliphatic rings. The van der Waals surface area contributed by atoms with E-state index in [0.717, 1.165) is 28.0 Å². The Morgan fingerprint density at radius 3 is 2.50 bits per heavy atom. The number of aryl methyl sites for hydroxylation is 2. The van der Waals surface area contributed by atoms with Gasteiger partial charge in [0.05, 0.1) is 18.8 Å². The highest BCUT2D eigenvalue weighted by Crippen LogP contribution is 2.32. The van der Waals surface area contributed by atoms with Crippen LogP contribution in [0.3, 0.4) is 0 Å². The molecule has 0 aromatic heterocycles. The van der Waals surface area contributed by atoms with Crippen molar-refractivity contribution in [2.75, 3.05) is 13.2 Å². The van der Waals surface area contributed by atoms with E-state index >= 15 is 0 Å². The Hall–Kier alpha value is -1.59. The molecule has 0 unspecified atom stereocenters. The first kappa shape index (κ1) is 19.2. The fourth-order valence-corrected chi connectivity index (χ4v) is 3.58. The van der Waals surface area contributed by atoms with Gasteiger partial charge >= 0.3 is 0 Å². The van der Waals surface area contributed by atoms with E-state index in [1.54, 1.807) is 0 Å². The van der Waals surface area contributed by atoms with Crippen molar-refractivity contribution < 1.29 is 19.7 Å². The zero-order valence-corrected chi connectivity index (χ0v) is 15.9. The minimum absolute atomic E-state index is 0.142. The van der Waals surface area contributed by atoms with Crippen LogP contribution < -0.4 is 4.74 Å². The van der Waals surface area contributed by atoms with Gasteiger partial charge in [0.25, 0.3) is 0 Å². The van der Waals surface area contributed by atoms with Crippen LogP contribution >= 0.6 is 11.6 Å². The maximum atomic E-state index is 9.74. The second kappa shape index (κ2) is 8.40. The van der Waals surface area contributed by atoms with E-state index < -0.39 is 12.2 Å². The van der Waals surface area contributed by atoms with E-state index in [9.17, 15) is 10.2 Å². The molecule has 140 valence electrons. The number of hydrogen-bond acceptors (Lipinski definition) is 4. The summed E-state index contributed by atoms with van der Waals surface area (Å²) >= 11 is 5.96. The molecular weight excluding hydrogens is 352 g/mol. The smallest absolute Gasteiger partial charge is 0.120 e. The van der Waals surface area contributed by atoms with Crippen LogP contribution in [0.1, 0.15) is 23.1 Å². The molecule has 0 saturated carbocycles. The van der Waals surface area contributed by atoms with Gasteiger partial charge in [-0.25, -0.2) is 0 Å². The molecule has 2 aromatic rings.